The maximum absolute atomic E-state index is 13.9. The van der Waals surface area contributed by atoms with E-state index < -0.39 is 5.91 Å². The van der Waals surface area contributed by atoms with E-state index in [2.05, 4.69) is 10.3 Å². The van der Waals surface area contributed by atoms with Gasteiger partial charge in [-0.05, 0) is 30.9 Å². The fraction of sp³-hybridized carbons (Fsp3) is 0.421. The first-order chi connectivity index (χ1) is 12.5. The number of thiazole rings is 1. The molecule has 1 heterocycles. The number of carbonyl (C=O) groups excluding carboxylic acids is 2. The lowest BCUT2D eigenvalue weighted by atomic mass is 9.82. The number of carbonyl (C=O) groups is 2. The van der Waals surface area contributed by atoms with Crippen molar-refractivity contribution in [1.29, 1.82) is 0 Å². The number of nitrogens with one attached hydrogen (secondary N) is 1. The molecule has 26 heavy (non-hydrogen) atoms. The van der Waals surface area contributed by atoms with Crippen molar-refractivity contribution >= 4 is 23.2 Å². The topological polar surface area (TPSA) is 85.1 Å². The number of nitrogens with zero attached hydrogens (tertiary/aromatic N) is 1. The van der Waals surface area contributed by atoms with Crippen LogP contribution in [0, 0.1) is 11.7 Å². The monoisotopic (exact) mass is 375 g/mol. The molecule has 0 radical (unpaired) electrons. The number of hydrogen-bond donors (Lipinski definition) is 2. The largest absolute Gasteiger partial charge is 0.370 e. The number of hydrogen-bond acceptors (Lipinski definition) is 4. The number of nitrogens with two attached hydrogens (primary N) is 1. The first-order valence-corrected chi connectivity index (χ1v) is 9.66. The van der Waals surface area contributed by atoms with Crippen LogP contribution in [0.25, 0.3) is 10.6 Å². The maximum atomic E-state index is 13.9. The van der Waals surface area contributed by atoms with Gasteiger partial charge in [-0.3, -0.25) is 9.59 Å². The minimum absolute atomic E-state index is 0.134. The van der Waals surface area contributed by atoms with Gasteiger partial charge in [0.2, 0.25) is 5.91 Å². The van der Waals surface area contributed by atoms with E-state index in [1.54, 1.807) is 18.2 Å². The van der Waals surface area contributed by atoms with E-state index in [0.29, 0.717) is 15.4 Å². The van der Waals surface area contributed by atoms with Crippen molar-refractivity contribution in [3.05, 3.63) is 41.2 Å². The first kappa shape index (κ1) is 18.5. The van der Waals surface area contributed by atoms with Crippen molar-refractivity contribution in [3.8, 4) is 10.6 Å². The van der Waals surface area contributed by atoms with Crippen molar-refractivity contribution in [2.75, 3.05) is 0 Å². The summed E-state index contributed by atoms with van der Waals surface area (Å²) in [6, 6.07) is 6.07. The Hall–Kier alpha value is -2.28. The van der Waals surface area contributed by atoms with Crippen LogP contribution in [-0.4, -0.2) is 22.8 Å². The molecule has 1 aromatic carbocycles. The lowest BCUT2D eigenvalue weighted by Crippen LogP contribution is -2.43. The predicted molar refractivity (Wildman–Crippen MR) is 99.1 cm³/mol. The van der Waals surface area contributed by atoms with Crippen molar-refractivity contribution in [2.45, 2.75) is 44.6 Å². The van der Waals surface area contributed by atoms with Crippen LogP contribution >= 0.6 is 11.3 Å². The Kier molecular flexibility index (Phi) is 5.98. The normalized spacial score (nSPS) is 16.2. The molecule has 1 saturated carbocycles. The summed E-state index contributed by atoms with van der Waals surface area (Å²) in [4.78, 5) is 28.6. The number of primary amides is 1. The van der Waals surface area contributed by atoms with Crippen molar-refractivity contribution in [2.24, 2.45) is 11.7 Å². The van der Waals surface area contributed by atoms with E-state index in [4.69, 9.17) is 5.73 Å². The summed E-state index contributed by atoms with van der Waals surface area (Å²) in [5.74, 6) is -0.819. The van der Waals surface area contributed by atoms with Gasteiger partial charge in [-0.1, -0.05) is 31.4 Å². The van der Waals surface area contributed by atoms with Crippen LogP contribution in [-0.2, 0) is 4.79 Å². The van der Waals surface area contributed by atoms with Gasteiger partial charge in [0, 0.05) is 18.0 Å². The molecule has 2 amide bonds. The molecule has 0 spiro atoms. The molecule has 3 rings (SSSR count). The molecular weight excluding hydrogens is 353 g/mol. The van der Waals surface area contributed by atoms with Gasteiger partial charge in [0.15, 0.2) is 0 Å². The molecule has 2 aromatic rings. The van der Waals surface area contributed by atoms with E-state index >= 15 is 0 Å². The highest BCUT2D eigenvalue weighted by molar-refractivity contribution is 7.16. The predicted octanol–water partition coefficient (Wildman–Crippen LogP) is 3.50. The van der Waals surface area contributed by atoms with Gasteiger partial charge in [-0.2, -0.15) is 0 Å². The Morgan fingerprint density at radius 3 is 2.69 bits per heavy atom. The molecular formula is C19H22FN3O2S. The fourth-order valence-electron chi connectivity index (χ4n) is 3.47. The average Bonchev–Trinajstić information content (AvgIpc) is 3.12. The minimum Gasteiger partial charge on any atom is -0.370 e. The van der Waals surface area contributed by atoms with Crippen LogP contribution in [0.5, 0.6) is 0 Å². The van der Waals surface area contributed by atoms with Crippen LogP contribution in [0.2, 0.25) is 0 Å². The lowest BCUT2D eigenvalue weighted by Gasteiger charge is -2.30. The molecule has 138 valence electrons. The molecule has 1 aliphatic rings. The summed E-state index contributed by atoms with van der Waals surface area (Å²) in [5.41, 5.74) is 5.74. The number of aromatic nitrogens is 1. The minimum atomic E-state index is -0.419. The number of amides is 2. The summed E-state index contributed by atoms with van der Waals surface area (Å²) < 4.78 is 13.9. The summed E-state index contributed by atoms with van der Waals surface area (Å²) in [5, 5.41) is 3.41. The van der Waals surface area contributed by atoms with Gasteiger partial charge in [0.25, 0.3) is 5.91 Å². The molecule has 1 aliphatic carbocycles. The van der Waals surface area contributed by atoms with Gasteiger partial charge in [-0.15, -0.1) is 11.3 Å². The second kappa shape index (κ2) is 8.40. The van der Waals surface area contributed by atoms with E-state index in [-0.39, 0.29) is 30.1 Å². The van der Waals surface area contributed by atoms with Crippen LogP contribution in [0.4, 0.5) is 4.39 Å². The number of rotatable bonds is 6. The summed E-state index contributed by atoms with van der Waals surface area (Å²) in [6.07, 6.45) is 6.96. The smallest absolute Gasteiger partial charge is 0.263 e. The third kappa shape index (κ3) is 4.46. The Morgan fingerprint density at radius 1 is 1.27 bits per heavy atom. The Labute approximate surface area is 155 Å². The zero-order valence-electron chi connectivity index (χ0n) is 14.4. The van der Waals surface area contributed by atoms with E-state index in [1.165, 1.54) is 18.7 Å². The number of halogens is 1. The second-order valence-electron chi connectivity index (χ2n) is 6.66. The van der Waals surface area contributed by atoms with Crippen LogP contribution < -0.4 is 11.1 Å². The van der Waals surface area contributed by atoms with Gasteiger partial charge < -0.3 is 11.1 Å². The molecule has 0 aliphatic heterocycles. The molecule has 1 unspecified atom stereocenters. The van der Waals surface area contributed by atoms with Gasteiger partial charge in [0.05, 0.1) is 6.20 Å². The highest BCUT2D eigenvalue weighted by Gasteiger charge is 2.27. The SMILES string of the molecule is NC(=O)CC(NC(=O)c1cnc(-c2ccccc2F)s1)C1CCCCC1. The molecule has 3 N–H and O–H groups in total. The van der Waals surface area contributed by atoms with Gasteiger partial charge in [-0.25, -0.2) is 9.37 Å². The average molecular weight is 375 g/mol. The summed E-state index contributed by atoms with van der Waals surface area (Å²) >= 11 is 1.14. The van der Waals surface area contributed by atoms with E-state index in [0.717, 1.165) is 37.0 Å². The van der Waals surface area contributed by atoms with E-state index in [9.17, 15) is 14.0 Å². The van der Waals surface area contributed by atoms with E-state index in [1.807, 2.05) is 0 Å². The molecule has 1 aromatic heterocycles. The van der Waals surface area contributed by atoms with Crippen LogP contribution in [0.1, 0.15) is 48.2 Å². The maximum Gasteiger partial charge on any atom is 0.263 e. The molecule has 1 fully saturated rings. The highest BCUT2D eigenvalue weighted by Crippen LogP contribution is 2.30. The van der Waals surface area contributed by atoms with Gasteiger partial charge >= 0.3 is 0 Å². The standard InChI is InChI=1S/C19H22FN3O2S/c20-14-9-5-4-8-13(14)19-22-11-16(26-19)18(25)23-15(10-17(21)24)12-6-2-1-3-7-12/h4-5,8-9,11-12,15H,1-3,6-7,10H2,(H2,21,24)(H,23,25). The van der Waals surface area contributed by atoms with Crippen LogP contribution in [0.15, 0.2) is 30.5 Å². The summed E-state index contributed by atoms with van der Waals surface area (Å²) in [6.45, 7) is 0. The van der Waals surface area contributed by atoms with Crippen LogP contribution in [0.3, 0.4) is 0 Å². The first-order valence-electron chi connectivity index (χ1n) is 8.84. The molecule has 0 bridgehead atoms. The zero-order valence-corrected chi connectivity index (χ0v) is 15.2. The lowest BCUT2D eigenvalue weighted by molar-refractivity contribution is -0.118. The Balaban J connectivity index is 1.73. The highest BCUT2D eigenvalue weighted by atomic mass is 32.1. The third-order valence-corrected chi connectivity index (χ3v) is 5.82. The molecule has 0 saturated heterocycles. The zero-order chi connectivity index (χ0) is 18.5. The van der Waals surface area contributed by atoms with Gasteiger partial charge in [0.1, 0.15) is 15.7 Å². The molecule has 7 heteroatoms. The quantitative estimate of drug-likeness (QED) is 0.810. The van der Waals surface area contributed by atoms with Crippen molar-refractivity contribution < 1.29 is 14.0 Å². The summed E-state index contributed by atoms with van der Waals surface area (Å²) in [7, 11) is 0. The molecule has 5 nitrogen and oxygen atoms in total. The van der Waals surface area contributed by atoms with Crippen molar-refractivity contribution in [1.82, 2.24) is 10.3 Å². The Bertz CT molecular complexity index is 787. The Morgan fingerprint density at radius 2 is 2.00 bits per heavy atom. The third-order valence-electron chi connectivity index (χ3n) is 4.79. The second-order valence-corrected chi connectivity index (χ2v) is 7.69. The fourth-order valence-corrected chi connectivity index (χ4v) is 4.31. The van der Waals surface area contributed by atoms with Crippen molar-refractivity contribution in [3.63, 3.8) is 0 Å². The molecule has 1 atom stereocenters. The number of benzene rings is 1.